The van der Waals surface area contributed by atoms with Crippen LogP contribution in [0.25, 0.3) is 97.4 Å². The summed E-state index contributed by atoms with van der Waals surface area (Å²) in [6, 6.07) is 66.7. The second kappa shape index (κ2) is 11.0. The summed E-state index contributed by atoms with van der Waals surface area (Å²) >= 11 is 1.87. The number of aromatic nitrogens is 2. The Morgan fingerprint density at radius 1 is 0.314 bits per heavy atom. The highest BCUT2D eigenvalue weighted by atomic mass is 32.1. The molecular formula is C48H30N2S. The van der Waals surface area contributed by atoms with Gasteiger partial charge in [0.2, 0.25) is 0 Å². The number of hydrogen-bond donors (Lipinski definition) is 0. The lowest BCUT2D eigenvalue weighted by atomic mass is 9.90. The molecule has 0 saturated carbocycles. The quantitative estimate of drug-likeness (QED) is 0.177. The lowest BCUT2D eigenvalue weighted by molar-refractivity contribution is 1.18. The Bertz CT molecular complexity index is 3130. The molecule has 11 aromatic rings. The highest BCUT2D eigenvalue weighted by Crippen LogP contribution is 2.45. The van der Waals surface area contributed by atoms with E-state index in [9.17, 15) is 0 Å². The molecule has 0 spiro atoms. The maximum Gasteiger partial charge on any atom is 0.0547 e. The van der Waals surface area contributed by atoms with E-state index in [2.05, 4.69) is 191 Å². The molecule has 0 aliphatic rings. The van der Waals surface area contributed by atoms with E-state index in [1.165, 1.54) is 91.7 Å². The smallest absolute Gasteiger partial charge is 0.0547 e. The third kappa shape index (κ3) is 4.22. The van der Waals surface area contributed by atoms with Gasteiger partial charge in [0.1, 0.15) is 0 Å². The van der Waals surface area contributed by atoms with Crippen LogP contribution in [0.3, 0.4) is 0 Å². The fourth-order valence-corrected chi connectivity index (χ4v) is 9.41. The maximum atomic E-state index is 2.47. The van der Waals surface area contributed by atoms with Gasteiger partial charge in [0.05, 0.1) is 22.1 Å². The third-order valence-electron chi connectivity index (χ3n) is 10.5. The Morgan fingerprint density at radius 2 is 0.941 bits per heavy atom. The molecule has 0 N–H and O–H groups in total. The lowest BCUT2D eigenvalue weighted by Gasteiger charge is -2.15. The molecule has 238 valence electrons. The zero-order valence-corrected chi connectivity index (χ0v) is 28.4. The van der Waals surface area contributed by atoms with Crippen LogP contribution in [0.4, 0.5) is 0 Å². The minimum absolute atomic E-state index is 1.16. The van der Waals surface area contributed by atoms with E-state index in [-0.39, 0.29) is 0 Å². The molecule has 2 nitrogen and oxygen atoms in total. The molecule has 3 heteroatoms. The fraction of sp³-hybridized carbons (Fsp3) is 0. The molecule has 3 aromatic heterocycles. The molecule has 51 heavy (non-hydrogen) atoms. The SMILES string of the molecule is c1ccc(-c2cc3c4ccccc4n(-c4ccc5sc6ccccc6c5c4)c3cc2-c2cccc3c2c2ccccc2n3-c2ccccc2)cc1. The van der Waals surface area contributed by atoms with Crippen molar-refractivity contribution in [3.05, 3.63) is 182 Å². The van der Waals surface area contributed by atoms with E-state index >= 15 is 0 Å². The van der Waals surface area contributed by atoms with Crippen LogP contribution in [0.5, 0.6) is 0 Å². The van der Waals surface area contributed by atoms with Crippen LogP contribution in [0, 0.1) is 0 Å². The Kier molecular flexibility index (Phi) is 6.16. The first kappa shape index (κ1) is 28.4. The monoisotopic (exact) mass is 666 g/mol. The number of nitrogens with zero attached hydrogens (tertiary/aromatic N) is 2. The van der Waals surface area contributed by atoms with Gasteiger partial charge in [-0.1, -0.05) is 115 Å². The molecule has 0 saturated heterocycles. The van der Waals surface area contributed by atoms with Gasteiger partial charge in [-0.05, 0) is 89.0 Å². The van der Waals surface area contributed by atoms with Crippen LogP contribution in [0.15, 0.2) is 182 Å². The number of hydrogen-bond acceptors (Lipinski definition) is 1. The van der Waals surface area contributed by atoms with Gasteiger partial charge in [0, 0.05) is 53.1 Å². The number of fused-ring (bicyclic) bond motifs is 9. The standard InChI is InChI=1S/C48H30N2S/c1-3-14-31(15-4-1)38-29-40-34-18-7-10-22-42(34)50(33-26-27-47-41(28-33)35-19-9-12-25-46(35)51-47)45(40)30-39(38)36-21-13-24-44-48(36)37-20-8-11-23-43(37)49(44)32-16-5-2-6-17-32/h1-30H. The minimum Gasteiger partial charge on any atom is -0.309 e. The van der Waals surface area contributed by atoms with Crippen molar-refractivity contribution in [3.63, 3.8) is 0 Å². The van der Waals surface area contributed by atoms with E-state index in [0.29, 0.717) is 0 Å². The Balaban J connectivity index is 1.27. The van der Waals surface area contributed by atoms with Gasteiger partial charge in [0.25, 0.3) is 0 Å². The first-order valence-corrected chi connectivity index (χ1v) is 18.3. The summed E-state index contributed by atoms with van der Waals surface area (Å²) in [7, 11) is 0. The molecule has 0 atom stereocenters. The largest absolute Gasteiger partial charge is 0.309 e. The first-order valence-electron chi connectivity index (χ1n) is 17.4. The Hall–Kier alpha value is -6.42. The van der Waals surface area contributed by atoms with E-state index in [1.54, 1.807) is 0 Å². The molecule has 0 aliphatic carbocycles. The van der Waals surface area contributed by atoms with Crippen molar-refractivity contribution in [2.75, 3.05) is 0 Å². The highest BCUT2D eigenvalue weighted by Gasteiger charge is 2.21. The van der Waals surface area contributed by atoms with Crippen molar-refractivity contribution in [2.45, 2.75) is 0 Å². The Morgan fingerprint density at radius 3 is 1.76 bits per heavy atom. The summed E-state index contributed by atoms with van der Waals surface area (Å²) in [5.41, 5.74) is 12.1. The minimum atomic E-state index is 1.16. The summed E-state index contributed by atoms with van der Waals surface area (Å²) in [6.07, 6.45) is 0. The average Bonchev–Trinajstić information content (AvgIpc) is 3.85. The summed E-state index contributed by atoms with van der Waals surface area (Å²) < 4.78 is 7.52. The van der Waals surface area contributed by atoms with Crippen molar-refractivity contribution >= 4 is 75.1 Å². The summed E-state index contributed by atoms with van der Waals surface area (Å²) in [6.45, 7) is 0. The normalized spacial score (nSPS) is 11.9. The van der Waals surface area contributed by atoms with Gasteiger partial charge in [-0.3, -0.25) is 0 Å². The summed E-state index contributed by atoms with van der Waals surface area (Å²) in [4.78, 5) is 0. The molecule has 8 aromatic carbocycles. The third-order valence-corrected chi connectivity index (χ3v) is 11.7. The Labute approximate surface area is 298 Å². The zero-order valence-electron chi connectivity index (χ0n) is 27.6. The zero-order chi connectivity index (χ0) is 33.5. The van der Waals surface area contributed by atoms with E-state index in [4.69, 9.17) is 0 Å². The topological polar surface area (TPSA) is 9.86 Å². The molecular weight excluding hydrogens is 637 g/mol. The first-order chi connectivity index (χ1) is 25.3. The van der Waals surface area contributed by atoms with Gasteiger partial charge in [-0.2, -0.15) is 0 Å². The molecule has 0 amide bonds. The number of thiophene rings is 1. The van der Waals surface area contributed by atoms with Gasteiger partial charge in [0.15, 0.2) is 0 Å². The molecule has 0 radical (unpaired) electrons. The predicted octanol–water partition coefficient (Wildman–Crippen LogP) is 13.6. The van der Waals surface area contributed by atoms with Gasteiger partial charge in [-0.25, -0.2) is 0 Å². The van der Waals surface area contributed by atoms with Crippen LogP contribution in [-0.4, -0.2) is 9.13 Å². The molecule has 0 aliphatic heterocycles. The van der Waals surface area contributed by atoms with Gasteiger partial charge < -0.3 is 9.13 Å². The summed E-state index contributed by atoms with van der Waals surface area (Å²) in [5, 5.41) is 7.64. The lowest BCUT2D eigenvalue weighted by Crippen LogP contribution is -1.95. The van der Waals surface area contributed by atoms with Crippen LogP contribution in [-0.2, 0) is 0 Å². The second-order valence-corrected chi connectivity index (χ2v) is 14.4. The van der Waals surface area contributed by atoms with Crippen LogP contribution in [0.1, 0.15) is 0 Å². The van der Waals surface area contributed by atoms with Gasteiger partial charge >= 0.3 is 0 Å². The number of para-hydroxylation sites is 3. The van der Waals surface area contributed by atoms with Crippen molar-refractivity contribution in [1.29, 1.82) is 0 Å². The molecule has 0 bridgehead atoms. The highest BCUT2D eigenvalue weighted by molar-refractivity contribution is 7.25. The fourth-order valence-electron chi connectivity index (χ4n) is 8.32. The van der Waals surface area contributed by atoms with E-state index in [1.807, 2.05) is 11.3 Å². The molecule has 11 rings (SSSR count). The van der Waals surface area contributed by atoms with Gasteiger partial charge in [-0.15, -0.1) is 11.3 Å². The second-order valence-electron chi connectivity index (χ2n) is 13.3. The predicted molar refractivity (Wildman–Crippen MR) is 219 cm³/mol. The van der Waals surface area contributed by atoms with Crippen molar-refractivity contribution in [3.8, 4) is 33.6 Å². The molecule has 0 fully saturated rings. The van der Waals surface area contributed by atoms with E-state index in [0.717, 1.165) is 5.69 Å². The average molecular weight is 667 g/mol. The number of benzene rings is 8. The van der Waals surface area contributed by atoms with Crippen molar-refractivity contribution in [2.24, 2.45) is 0 Å². The van der Waals surface area contributed by atoms with Crippen molar-refractivity contribution < 1.29 is 0 Å². The number of rotatable bonds is 4. The molecule has 3 heterocycles. The van der Waals surface area contributed by atoms with Crippen LogP contribution >= 0.6 is 11.3 Å². The van der Waals surface area contributed by atoms with Crippen molar-refractivity contribution in [1.82, 2.24) is 9.13 Å². The van der Waals surface area contributed by atoms with Crippen LogP contribution < -0.4 is 0 Å². The summed E-state index contributed by atoms with van der Waals surface area (Å²) in [5.74, 6) is 0. The molecule has 0 unspecified atom stereocenters. The van der Waals surface area contributed by atoms with E-state index < -0.39 is 0 Å². The maximum absolute atomic E-state index is 2.47. The van der Waals surface area contributed by atoms with Crippen LogP contribution in [0.2, 0.25) is 0 Å².